The lowest BCUT2D eigenvalue weighted by molar-refractivity contribution is 0.0951. The first-order valence-corrected chi connectivity index (χ1v) is 8.80. The molecule has 0 bridgehead atoms. The minimum absolute atomic E-state index is 0.228. The van der Waals surface area contributed by atoms with Gasteiger partial charge in [-0.3, -0.25) is 4.79 Å². The molecule has 0 atom stereocenters. The van der Waals surface area contributed by atoms with Crippen molar-refractivity contribution in [2.24, 2.45) is 0 Å². The Morgan fingerprint density at radius 1 is 1.15 bits per heavy atom. The highest BCUT2D eigenvalue weighted by molar-refractivity contribution is 6.34. The zero-order chi connectivity index (χ0) is 18.8. The Hall–Kier alpha value is -3.25. The van der Waals surface area contributed by atoms with Gasteiger partial charge in [0.1, 0.15) is 5.52 Å². The number of fused-ring (bicyclic) bond motifs is 1. The van der Waals surface area contributed by atoms with E-state index in [0.29, 0.717) is 34.0 Å². The summed E-state index contributed by atoms with van der Waals surface area (Å²) in [4.78, 5) is 16.8. The third kappa shape index (κ3) is 3.52. The summed E-state index contributed by atoms with van der Waals surface area (Å²) in [6.07, 6.45) is 1.68. The van der Waals surface area contributed by atoms with Gasteiger partial charge in [-0.2, -0.15) is 4.68 Å². The Balaban J connectivity index is 1.54. The number of aryl methyl sites for hydroxylation is 1. The van der Waals surface area contributed by atoms with E-state index < -0.39 is 0 Å². The summed E-state index contributed by atoms with van der Waals surface area (Å²) in [5.74, 6) is -0.228. The third-order valence-corrected chi connectivity index (χ3v) is 4.54. The second-order valence-corrected chi connectivity index (χ2v) is 6.59. The highest BCUT2D eigenvalue weighted by atomic mass is 35.5. The molecule has 1 N–H and O–H groups in total. The zero-order valence-electron chi connectivity index (χ0n) is 14.6. The lowest BCUT2D eigenvalue weighted by atomic mass is 10.1. The fourth-order valence-corrected chi connectivity index (χ4v) is 3.00. The Bertz CT molecular complexity index is 1120. The summed E-state index contributed by atoms with van der Waals surface area (Å²) in [5, 5.41) is 11.4. The van der Waals surface area contributed by atoms with E-state index >= 15 is 0 Å². The van der Waals surface area contributed by atoms with Crippen LogP contribution in [0, 0.1) is 6.92 Å². The van der Waals surface area contributed by atoms with Crippen LogP contribution >= 0.6 is 11.6 Å². The molecule has 0 aliphatic carbocycles. The largest absolute Gasteiger partial charge is 0.348 e. The molecule has 0 saturated heterocycles. The predicted octanol–water partition coefficient (Wildman–Crippen LogP) is 3.71. The molecule has 4 aromatic rings. The lowest BCUT2D eigenvalue weighted by Crippen LogP contribution is -2.23. The molecule has 4 rings (SSSR count). The number of rotatable bonds is 4. The number of hydrogen-bond acceptors (Lipinski definition) is 4. The van der Waals surface area contributed by atoms with Gasteiger partial charge in [0.15, 0.2) is 5.65 Å². The van der Waals surface area contributed by atoms with Crippen LogP contribution in [0.3, 0.4) is 0 Å². The summed E-state index contributed by atoms with van der Waals surface area (Å²) in [6, 6.07) is 16.8. The van der Waals surface area contributed by atoms with E-state index in [9.17, 15) is 4.79 Å². The maximum absolute atomic E-state index is 12.5. The number of benzene rings is 2. The number of nitrogens with one attached hydrogen (secondary N) is 1. The Morgan fingerprint density at radius 3 is 2.74 bits per heavy atom. The summed E-state index contributed by atoms with van der Waals surface area (Å²) in [6.45, 7) is 2.46. The van der Waals surface area contributed by atoms with E-state index in [1.54, 1.807) is 35.1 Å². The third-order valence-electron chi connectivity index (χ3n) is 4.22. The molecule has 2 aromatic carbocycles. The van der Waals surface area contributed by atoms with Crippen LogP contribution in [-0.4, -0.2) is 25.9 Å². The normalized spacial score (nSPS) is 10.9. The standard InChI is InChI=1S/C20H16ClN5O/c1-13-4-6-14(7-5-13)12-23-20(27)16-9-8-15(11-17(16)21)26-19-18(24-25-26)3-2-10-22-19/h2-11H,12H2,1H3,(H,23,27). The molecule has 2 heterocycles. The quantitative estimate of drug-likeness (QED) is 0.588. The van der Waals surface area contributed by atoms with E-state index in [1.165, 1.54) is 5.56 Å². The summed E-state index contributed by atoms with van der Waals surface area (Å²) < 4.78 is 1.59. The molecule has 0 unspecified atom stereocenters. The average Bonchev–Trinajstić information content (AvgIpc) is 3.11. The molecule has 134 valence electrons. The van der Waals surface area contributed by atoms with Crippen molar-refractivity contribution in [1.82, 2.24) is 25.3 Å². The van der Waals surface area contributed by atoms with Gasteiger partial charge in [-0.1, -0.05) is 46.6 Å². The predicted molar refractivity (Wildman–Crippen MR) is 104 cm³/mol. The number of carbonyl (C=O) groups is 1. The van der Waals surface area contributed by atoms with Gasteiger partial charge < -0.3 is 5.32 Å². The number of aromatic nitrogens is 4. The molecule has 6 nitrogen and oxygen atoms in total. The fraction of sp³-hybridized carbons (Fsp3) is 0.100. The van der Waals surface area contributed by atoms with Crippen LogP contribution in [0.1, 0.15) is 21.5 Å². The first-order chi connectivity index (χ1) is 13.1. The van der Waals surface area contributed by atoms with E-state index in [2.05, 4.69) is 20.6 Å². The molecule has 7 heteroatoms. The first kappa shape index (κ1) is 17.2. The van der Waals surface area contributed by atoms with Crippen molar-refractivity contribution in [2.75, 3.05) is 0 Å². The van der Waals surface area contributed by atoms with E-state index in [4.69, 9.17) is 11.6 Å². The molecule has 0 aliphatic heterocycles. The Morgan fingerprint density at radius 2 is 1.96 bits per heavy atom. The van der Waals surface area contributed by atoms with Crippen LogP contribution in [0.5, 0.6) is 0 Å². The van der Waals surface area contributed by atoms with Crippen molar-refractivity contribution in [3.05, 3.63) is 82.5 Å². The SMILES string of the molecule is Cc1ccc(CNC(=O)c2ccc(-n3nnc4cccnc43)cc2Cl)cc1. The van der Waals surface area contributed by atoms with E-state index in [1.807, 2.05) is 37.3 Å². The van der Waals surface area contributed by atoms with Crippen molar-refractivity contribution in [3.8, 4) is 5.69 Å². The van der Waals surface area contributed by atoms with Gasteiger partial charge in [-0.05, 0) is 42.8 Å². The molecule has 0 saturated carbocycles. The molecule has 2 aromatic heterocycles. The van der Waals surface area contributed by atoms with Gasteiger partial charge >= 0.3 is 0 Å². The minimum atomic E-state index is -0.228. The van der Waals surface area contributed by atoms with Gasteiger partial charge in [0.2, 0.25) is 0 Å². The number of pyridine rings is 1. The molecule has 27 heavy (non-hydrogen) atoms. The molecule has 0 spiro atoms. The number of hydrogen-bond donors (Lipinski definition) is 1. The second-order valence-electron chi connectivity index (χ2n) is 6.18. The van der Waals surface area contributed by atoms with Gasteiger partial charge in [0, 0.05) is 12.7 Å². The number of nitrogens with zero attached hydrogens (tertiary/aromatic N) is 4. The van der Waals surface area contributed by atoms with Gasteiger partial charge in [0.25, 0.3) is 5.91 Å². The van der Waals surface area contributed by atoms with Crippen molar-refractivity contribution in [1.29, 1.82) is 0 Å². The number of halogens is 1. The smallest absolute Gasteiger partial charge is 0.253 e. The summed E-state index contributed by atoms with van der Waals surface area (Å²) in [7, 11) is 0. The minimum Gasteiger partial charge on any atom is -0.348 e. The van der Waals surface area contributed by atoms with Crippen LogP contribution in [0.15, 0.2) is 60.8 Å². The van der Waals surface area contributed by atoms with E-state index in [-0.39, 0.29) is 5.91 Å². The molecule has 0 radical (unpaired) electrons. The monoisotopic (exact) mass is 377 g/mol. The first-order valence-electron chi connectivity index (χ1n) is 8.42. The van der Waals surface area contributed by atoms with E-state index in [0.717, 1.165) is 5.56 Å². The van der Waals surface area contributed by atoms with Crippen LogP contribution < -0.4 is 5.32 Å². The molecular formula is C20H16ClN5O. The van der Waals surface area contributed by atoms with Crippen LogP contribution in [0.25, 0.3) is 16.9 Å². The molecule has 0 fully saturated rings. The Kier molecular flexibility index (Phi) is 4.56. The highest BCUT2D eigenvalue weighted by Gasteiger charge is 2.13. The van der Waals surface area contributed by atoms with Crippen LogP contribution in [0.4, 0.5) is 0 Å². The maximum Gasteiger partial charge on any atom is 0.253 e. The summed E-state index contributed by atoms with van der Waals surface area (Å²) >= 11 is 6.35. The fourth-order valence-electron chi connectivity index (χ4n) is 2.74. The van der Waals surface area contributed by atoms with Crippen LogP contribution in [-0.2, 0) is 6.54 Å². The van der Waals surface area contributed by atoms with Crippen molar-refractivity contribution in [3.63, 3.8) is 0 Å². The van der Waals surface area contributed by atoms with Crippen molar-refractivity contribution < 1.29 is 4.79 Å². The average molecular weight is 378 g/mol. The number of amides is 1. The molecule has 1 amide bonds. The highest BCUT2D eigenvalue weighted by Crippen LogP contribution is 2.22. The zero-order valence-corrected chi connectivity index (χ0v) is 15.3. The second kappa shape index (κ2) is 7.17. The van der Waals surface area contributed by atoms with Crippen molar-refractivity contribution in [2.45, 2.75) is 13.5 Å². The lowest BCUT2D eigenvalue weighted by Gasteiger charge is -2.09. The topological polar surface area (TPSA) is 72.7 Å². The van der Waals surface area contributed by atoms with Gasteiger partial charge in [-0.15, -0.1) is 5.10 Å². The maximum atomic E-state index is 12.5. The van der Waals surface area contributed by atoms with Crippen molar-refractivity contribution >= 4 is 28.7 Å². The van der Waals surface area contributed by atoms with Gasteiger partial charge in [0.05, 0.1) is 16.3 Å². The Labute approximate surface area is 160 Å². The van der Waals surface area contributed by atoms with Gasteiger partial charge in [-0.25, -0.2) is 4.98 Å². The van der Waals surface area contributed by atoms with Crippen LogP contribution in [0.2, 0.25) is 5.02 Å². The molecular weight excluding hydrogens is 362 g/mol. The summed E-state index contributed by atoms with van der Waals surface area (Å²) in [5.41, 5.74) is 4.63. The number of carbonyl (C=O) groups excluding carboxylic acids is 1. The molecule has 0 aliphatic rings.